The number of carboxylic acid groups (broad SMARTS) is 1. The summed E-state index contributed by atoms with van der Waals surface area (Å²) in [5, 5.41) is 13.4. The van der Waals surface area contributed by atoms with Crippen LogP contribution < -0.4 is 5.32 Å². The maximum Gasteiger partial charge on any atom is 0.337 e. The third kappa shape index (κ3) is 3.46. The van der Waals surface area contributed by atoms with E-state index in [-0.39, 0.29) is 16.5 Å². The van der Waals surface area contributed by atoms with Crippen LogP contribution in [0.5, 0.6) is 0 Å². The van der Waals surface area contributed by atoms with Gasteiger partial charge in [-0.25, -0.2) is 4.79 Å². The lowest BCUT2D eigenvalue weighted by atomic mass is 10.2. The number of anilines is 1. The second-order valence-corrected chi connectivity index (χ2v) is 6.81. The first kappa shape index (κ1) is 14.3. The van der Waals surface area contributed by atoms with E-state index in [9.17, 15) is 9.59 Å². The molecule has 4 nitrogen and oxygen atoms in total. The molecule has 0 aliphatic rings. The second kappa shape index (κ2) is 5.89. The Kier molecular flexibility index (Phi) is 4.43. The molecule has 1 aromatic heterocycles. The smallest absolute Gasteiger partial charge is 0.337 e. The summed E-state index contributed by atoms with van der Waals surface area (Å²) in [7, 11) is 0. The van der Waals surface area contributed by atoms with Crippen LogP contribution in [-0.2, 0) is 0 Å². The van der Waals surface area contributed by atoms with Crippen molar-refractivity contribution >= 4 is 63.1 Å². The Morgan fingerprint density at radius 1 is 1.32 bits per heavy atom. The van der Waals surface area contributed by atoms with Crippen molar-refractivity contribution in [2.75, 3.05) is 5.32 Å². The average molecular weight is 408 g/mol. The molecule has 0 atom stereocenters. The number of halogens is 2. The number of benzene rings is 1. The van der Waals surface area contributed by atoms with Gasteiger partial charge < -0.3 is 10.4 Å². The SMILES string of the molecule is O=C(Nc1ccc(C(=O)O)c(Cl)c1)c1csc(I)c1. The van der Waals surface area contributed by atoms with Gasteiger partial charge in [-0.3, -0.25) is 4.79 Å². The zero-order chi connectivity index (χ0) is 14.0. The van der Waals surface area contributed by atoms with E-state index in [1.54, 1.807) is 11.4 Å². The Labute approximate surface area is 131 Å². The third-order valence-electron chi connectivity index (χ3n) is 2.29. The summed E-state index contributed by atoms with van der Waals surface area (Å²) in [6, 6.07) is 6.05. The van der Waals surface area contributed by atoms with Gasteiger partial charge in [0.25, 0.3) is 5.91 Å². The van der Waals surface area contributed by atoms with E-state index < -0.39 is 5.97 Å². The van der Waals surface area contributed by atoms with Crippen LogP contribution in [0, 0.1) is 2.88 Å². The highest BCUT2D eigenvalue weighted by Crippen LogP contribution is 2.22. The molecule has 1 amide bonds. The number of rotatable bonds is 3. The molecule has 0 saturated heterocycles. The van der Waals surface area contributed by atoms with Crippen molar-refractivity contribution < 1.29 is 14.7 Å². The molecule has 0 aliphatic carbocycles. The van der Waals surface area contributed by atoms with Gasteiger partial charge in [-0.05, 0) is 46.9 Å². The summed E-state index contributed by atoms with van der Waals surface area (Å²) in [6.45, 7) is 0. The fourth-order valence-electron chi connectivity index (χ4n) is 1.40. The van der Waals surface area contributed by atoms with Gasteiger partial charge in [0, 0.05) is 11.1 Å². The van der Waals surface area contributed by atoms with Crippen molar-refractivity contribution in [2.24, 2.45) is 0 Å². The summed E-state index contributed by atoms with van der Waals surface area (Å²) >= 11 is 9.44. The predicted molar refractivity (Wildman–Crippen MR) is 83.4 cm³/mol. The molecule has 19 heavy (non-hydrogen) atoms. The first-order chi connectivity index (χ1) is 8.97. The predicted octanol–water partition coefficient (Wildman–Crippen LogP) is 3.96. The van der Waals surface area contributed by atoms with Crippen LogP contribution in [-0.4, -0.2) is 17.0 Å². The van der Waals surface area contributed by atoms with Crippen LogP contribution in [0.15, 0.2) is 29.6 Å². The van der Waals surface area contributed by atoms with Crippen LogP contribution in [0.2, 0.25) is 5.02 Å². The van der Waals surface area contributed by atoms with E-state index >= 15 is 0 Å². The van der Waals surface area contributed by atoms with Crippen molar-refractivity contribution in [3.8, 4) is 0 Å². The first-order valence-electron chi connectivity index (χ1n) is 5.05. The standard InChI is InChI=1S/C12H7ClINO3S/c13-9-4-7(1-2-8(9)12(17)18)15-11(16)6-3-10(14)19-5-6/h1-5H,(H,15,16)(H,17,18). The number of carboxylic acids is 1. The average Bonchev–Trinajstić information content (AvgIpc) is 2.75. The summed E-state index contributed by atoms with van der Waals surface area (Å²) in [5.41, 5.74) is 1.03. The molecule has 2 aromatic rings. The highest BCUT2D eigenvalue weighted by atomic mass is 127. The largest absolute Gasteiger partial charge is 0.478 e. The minimum Gasteiger partial charge on any atom is -0.478 e. The van der Waals surface area contributed by atoms with E-state index in [4.69, 9.17) is 16.7 Å². The van der Waals surface area contributed by atoms with Crippen molar-refractivity contribution in [1.82, 2.24) is 0 Å². The molecular formula is C12H7ClINO3S. The van der Waals surface area contributed by atoms with Crippen molar-refractivity contribution in [1.29, 1.82) is 0 Å². The molecule has 0 saturated carbocycles. The minimum atomic E-state index is -1.10. The van der Waals surface area contributed by atoms with Crippen molar-refractivity contribution in [3.05, 3.63) is 48.7 Å². The van der Waals surface area contributed by atoms with Gasteiger partial charge in [0.1, 0.15) is 0 Å². The zero-order valence-corrected chi connectivity index (χ0v) is 13.0. The Bertz CT molecular complexity index is 656. The topological polar surface area (TPSA) is 66.4 Å². The van der Waals surface area contributed by atoms with Gasteiger partial charge in [0.2, 0.25) is 0 Å². The number of nitrogens with one attached hydrogen (secondary N) is 1. The highest BCUT2D eigenvalue weighted by Gasteiger charge is 2.12. The van der Waals surface area contributed by atoms with Crippen LogP contribution in [0.25, 0.3) is 0 Å². The van der Waals surface area contributed by atoms with Gasteiger partial charge in [-0.15, -0.1) is 11.3 Å². The molecule has 1 heterocycles. The number of hydrogen-bond donors (Lipinski definition) is 2. The van der Waals surface area contributed by atoms with Gasteiger partial charge in [0.15, 0.2) is 0 Å². The fourth-order valence-corrected chi connectivity index (χ4v) is 2.99. The molecule has 0 aliphatic heterocycles. The number of aromatic carboxylic acids is 1. The molecule has 0 radical (unpaired) electrons. The van der Waals surface area contributed by atoms with E-state index in [1.165, 1.54) is 29.5 Å². The maximum atomic E-state index is 11.9. The summed E-state index contributed by atoms with van der Waals surface area (Å²) in [4.78, 5) is 22.7. The third-order valence-corrected chi connectivity index (χ3v) is 4.39. The number of carbonyl (C=O) groups is 2. The van der Waals surface area contributed by atoms with E-state index in [1.807, 2.05) is 0 Å². The molecule has 0 fully saturated rings. The monoisotopic (exact) mass is 407 g/mol. The minimum absolute atomic E-state index is 0.00440. The van der Waals surface area contributed by atoms with Gasteiger partial charge in [0.05, 0.1) is 19.0 Å². The van der Waals surface area contributed by atoms with Crippen LogP contribution in [0.1, 0.15) is 20.7 Å². The molecule has 0 bridgehead atoms. The summed E-state index contributed by atoms with van der Waals surface area (Å²) in [5.74, 6) is -1.35. The van der Waals surface area contributed by atoms with Gasteiger partial charge in [-0.2, -0.15) is 0 Å². The van der Waals surface area contributed by atoms with Crippen LogP contribution in [0.4, 0.5) is 5.69 Å². The van der Waals surface area contributed by atoms with Gasteiger partial charge >= 0.3 is 5.97 Å². The second-order valence-electron chi connectivity index (χ2n) is 3.59. The normalized spacial score (nSPS) is 10.2. The summed E-state index contributed by atoms with van der Waals surface area (Å²) < 4.78 is 1.02. The first-order valence-corrected chi connectivity index (χ1v) is 7.39. The van der Waals surface area contributed by atoms with Crippen LogP contribution in [0.3, 0.4) is 0 Å². The lowest BCUT2D eigenvalue weighted by molar-refractivity contribution is 0.0697. The molecule has 2 rings (SSSR count). The lowest BCUT2D eigenvalue weighted by Gasteiger charge is -2.05. The Hall–Kier alpha value is -1.12. The van der Waals surface area contributed by atoms with Crippen LogP contribution >= 0.6 is 45.5 Å². The summed E-state index contributed by atoms with van der Waals surface area (Å²) in [6.07, 6.45) is 0. The molecule has 0 unspecified atom stereocenters. The van der Waals surface area contributed by atoms with E-state index in [0.29, 0.717) is 11.3 Å². The molecule has 0 spiro atoms. The Morgan fingerprint density at radius 3 is 2.58 bits per heavy atom. The molecule has 7 heteroatoms. The van der Waals surface area contributed by atoms with E-state index in [0.717, 1.165) is 2.88 Å². The number of amides is 1. The number of hydrogen-bond acceptors (Lipinski definition) is 3. The lowest BCUT2D eigenvalue weighted by Crippen LogP contribution is -2.11. The maximum absolute atomic E-state index is 11.9. The highest BCUT2D eigenvalue weighted by molar-refractivity contribution is 14.1. The van der Waals surface area contributed by atoms with E-state index in [2.05, 4.69) is 27.9 Å². The molecular weight excluding hydrogens is 401 g/mol. The molecule has 2 N–H and O–H groups in total. The molecule has 1 aromatic carbocycles. The van der Waals surface area contributed by atoms with Crippen molar-refractivity contribution in [3.63, 3.8) is 0 Å². The number of thiophene rings is 1. The molecule has 98 valence electrons. The quantitative estimate of drug-likeness (QED) is 0.757. The zero-order valence-electron chi connectivity index (χ0n) is 9.31. The van der Waals surface area contributed by atoms with Gasteiger partial charge in [-0.1, -0.05) is 11.6 Å². The fraction of sp³-hybridized carbons (Fsp3) is 0. The Balaban J connectivity index is 2.18. The van der Waals surface area contributed by atoms with Crippen molar-refractivity contribution in [2.45, 2.75) is 0 Å². The number of carbonyl (C=O) groups excluding carboxylic acids is 1. The Morgan fingerprint density at radius 2 is 2.05 bits per heavy atom.